The average Bonchev–Trinajstić information content (AvgIpc) is 2.39. The Hall–Kier alpha value is -1.75. The second-order valence-corrected chi connectivity index (χ2v) is 4.20. The van der Waals surface area contributed by atoms with Crippen molar-refractivity contribution in [1.29, 1.82) is 0 Å². The van der Waals surface area contributed by atoms with Crippen molar-refractivity contribution >= 4 is 29.2 Å². The van der Waals surface area contributed by atoms with Gasteiger partial charge in [0, 0.05) is 0 Å². The summed E-state index contributed by atoms with van der Waals surface area (Å²) in [5.41, 5.74) is 6.15. The van der Waals surface area contributed by atoms with Crippen molar-refractivity contribution in [2.24, 2.45) is 0 Å². The van der Waals surface area contributed by atoms with Gasteiger partial charge in [0.15, 0.2) is 6.10 Å². The third kappa shape index (κ3) is 4.13. The van der Waals surface area contributed by atoms with E-state index in [1.54, 1.807) is 13.8 Å². The third-order valence-electron chi connectivity index (χ3n) is 2.41. The van der Waals surface area contributed by atoms with Crippen LogP contribution in [0.4, 0.5) is 5.69 Å². The summed E-state index contributed by atoms with van der Waals surface area (Å²) in [7, 11) is 0. The summed E-state index contributed by atoms with van der Waals surface area (Å²) in [6.45, 7) is 3.65. The average molecular weight is 286 g/mol. The van der Waals surface area contributed by atoms with E-state index in [1.807, 2.05) is 0 Å². The Bertz CT molecular complexity index is 476. The lowest BCUT2D eigenvalue weighted by atomic mass is 10.2. The van der Waals surface area contributed by atoms with Crippen molar-refractivity contribution in [2.45, 2.75) is 26.4 Å². The minimum Gasteiger partial charge on any atom is -0.463 e. The largest absolute Gasteiger partial charge is 0.463 e. The second kappa shape index (κ2) is 6.99. The van der Waals surface area contributed by atoms with E-state index < -0.39 is 18.0 Å². The summed E-state index contributed by atoms with van der Waals surface area (Å²) in [4.78, 5) is 23.4. The smallest absolute Gasteiger partial charge is 0.347 e. The van der Waals surface area contributed by atoms with E-state index in [-0.39, 0.29) is 17.2 Å². The van der Waals surface area contributed by atoms with Crippen LogP contribution in [0.1, 0.15) is 30.6 Å². The molecule has 1 aromatic carbocycles. The zero-order chi connectivity index (χ0) is 14.4. The lowest BCUT2D eigenvalue weighted by Crippen LogP contribution is -2.28. The highest BCUT2D eigenvalue weighted by Crippen LogP contribution is 2.20. The molecule has 5 nitrogen and oxygen atoms in total. The first-order valence-corrected chi connectivity index (χ1v) is 6.30. The topological polar surface area (TPSA) is 78.6 Å². The van der Waals surface area contributed by atoms with Gasteiger partial charge in [0.05, 0.1) is 22.9 Å². The molecule has 1 unspecified atom stereocenters. The number of carbonyl (C=O) groups is 2. The fraction of sp³-hybridized carbons (Fsp3) is 0.385. The Labute approximate surface area is 116 Å². The van der Waals surface area contributed by atoms with Crippen LogP contribution in [0, 0.1) is 0 Å². The molecule has 6 heteroatoms. The van der Waals surface area contributed by atoms with Crippen LogP contribution in [0.5, 0.6) is 0 Å². The van der Waals surface area contributed by atoms with Gasteiger partial charge in [0.25, 0.3) is 0 Å². The SMILES string of the molecule is CCOC(=O)C(CC)OC(=O)c1ccc(N)c(Cl)c1. The summed E-state index contributed by atoms with van der Waals surface area (Å²) >= 11 is 5.82. The van der Waals surface area contributed by atoms with Crippen LogP contribution < -0.4 is 5.73 Å². The van der Waals surface area contributed by atoms with Gasteiger partial charge in [-0.3, -0.25) is 0 Å². The van der Waals surface area contributed by atoms with E-state index in [4.69, 9.17) is 26.8 Å². The first kappa shape index (κ1) is 15.3. The van der Waals surface area contributed by atoms with E-state index in [0.29, 0.717) is 12.1 Å². The highest BCUT2D eigenvalue weighted by Gasteiger charge is 2.23. The van der Waals surface area contributed by atoms with Gasteiger partial charge in [-0.15, -0.1) is 0 Å². The standard InChI is InChI=1S/C13H16ClNO4/c1-3-11(13(17)18-4-2)19-12(16)8-5-6-10(15)9(14)7-8/h5-7,11H,3-4,15H2,1-2H3. The van der Waals surface area contributed by atoms with Crippen LogP contribution in [-0.2, 0) is 14.3 Å². The summed E-state index contributed by atoms with van der Waals surface area (Å²) in [6.07, 6.45) is -0.573. The van der Waals surface area contributed by atoms with Crippen molar-refractivity contribution in [1.82, 2.24) is 0 Å². The lowest BCUT2D eigenvalue weighted by molar-refractivity contribution is -0.153. The molecule has 0 aromatic heterocycles. The normalized spacial score (nSPS) is 11.7. The number of benzene rings is 1. The van der Waals surface area contributed by atoms with Crippen LogP contribution in [0.25, 0.3) is 0 Å². The molecule has 19 heavy (non-hydrogen) atoms. The monoisotopic (exact) mass is 285 g/mol. The van der Waals surface area contributed by atoms with E-state index >= 15 is 0 Å². The third-order valence-corrected chi connectivity index (χ3v) is 2.73. The molecule has 0 aliphatic carbocycles. The molecule has 0 heterocycles. The summed E-state index contributed by atoms with van der Waals surface area (Å²) < 4.78 is 9.89. The van der Waals surface area contributed by atoms with Crippen LogP contribution in [0.2, 0.25) is 5.02 Å². The van der Waals surface area contributed by atoms with E-state index in [1.165, 1.54) is 18.2 Å². The number of hydrogen-bond donors (Lipinski definition) is 1. The van der Waals surface area contributed by atoms with Crippen molar-refractivity contribution in [3.63, 3.8) is 0 Å². The molecule has 0 saturated carbocycles. The zero-order valence-electron chi connectivity index (χ0n) is 10.8. The Balaban J connectivity index is 2.77. The van der Waals surface area contributed by atoms with Gasteiger partial charge in [0.2, 0.25) is 0 Å². The number of halogens is 1. The summed E-state index contributed by atoms with van der Waals surface area (Å²) in [5, 5.41) is 0.263. The van der Waals surface area contributed by atoms with E-state index in [9.17, 15) is 9.59 Å². The molecule has 1 aromatic rings. The first-order valence-electron chi connectivity index (χ1n) is 5.92. The molecule has 0 radical (unpaired) electrons. The minimum absolute atomic E-state index is 0.237. The number of esters is 2. The predicted octanol–water partition coefficient (Wildman–Crippen LogP) is 2.42. The van der Waals surface area contributed by atoms with Crippen LogP contribution >= 0.6 is 11.6 Å². The molecule has 0 saturated heterocycles. The van der Waals surface area contributed by atoms with Gasteiger partial charge in [0.1, 0.15) is 0 Å². The number of carbonyl (C=O) groups excluding carboxylic acids is 2. The molecule has 0 aliphatic heterocycles. The van der Waals surface area contributed by atoms with Crippen molar-refractivity contribution < 1.29 is 19.1 Å². The van der Waals surface area contributed by atoms with Gasteiger partial charge in [-0.05, 0) is 31.5 Å². The van der Waals surface area contributed by atoms with Gasteiger partial charge >= 0.3 is 11.9 Å². The molecule has 0 spiro atoms. The van der Waals surface area contributed by atoms with E-state index in [0.717, 1.165) is 0 Å². The molecular weight excluding hydrogens is 270 g/mol. The second-order valence-electron chi connectivity index (χ2n) is 3.79. The minimum atomic E-state index is -0.913. The van der Waals surface area contributed by atoms with Gasteiger partial charge in [-0.1, -0.05) is 18.5 Å². The van der Waals surface area contributed by atoms with E-state index in [2.05, 4.69) is 0 Å². The number of ether oxygens (including phenoxy) is 2. The highest BCUT2D eigenvalue weighted by atomic mass is 35.5. The molecule has 104 valence electrons. The van der Waals surface area contributed by atoms with Gasteiger partial charge in [-0.25, -0.2) is 9.59 Å². The molecular formula is C13H16ClNO4. The van der Waals surface area contributed by atoms with Crippen LogP contribution in [0.15, 0.2) is 18.2 Å². The molecule has 0 amide bonds. The maximum absolute atomic E-state index is 11.9. The predicted molar refractivity (Wildman–Crippen MR) is 72.0 cm³/mol. The number of rotatable bonds is 5. The number of hydrogen-bond acceptors (Lipinski definition) is 5. The van der Waals surface area contributed by atoms with Gasteiger partial charge < -0.3 is 15.2 Å². The van der Waals surface area contributed by atoms with Crippen molar-refractivity contribution in [2.75, 3.05) is 12.3 Å². The Morgan fingerprint density at radius 2 is 2.05 bits per heavy atom. The number of nitrogen functional groups attached to an aromatic ring is 1. The van der Waals surface area contributed by atoms with Gasteiger partial charge in [-0.2, -0.15) is 0 Å². The molecule has 2 N–H and O–H groups in total. The summed E-state index contributed by atoms with van der Waals surface area (Å²) in [5.74, 6) is -1.19. The maximum atomic E-state index is 11.9. The zero-order valence-corrected chi connectivity index (χ0v) is 11.6. The Morgan fingerprint density at radius 1 is 1.37 bits per heavy atom. The number of anilines is 1. The number of nitrogens with two attached hydrogens (primary N) is 1. The molecule has 1 rings (SSSR count). The van der Waals surface area contributed by atoms with Crippen molar-refractivity contribution in [3.8, 4) is 0 Å². The lowest BCUT2D eigenvalue weighted by Gasteiger charge is -2.14. The molecule has 0 fully saturated rings. The molecule has 0 aliphatic rings. The Morgan fingerprint density at radius 3 is 2.58 bits per heavy atom. The Kier molecular flexibility index (Phi) is 5.63. The fourth-order valence-electron chi connectivity index (χ4n) is 1.38. The first-order chi connectivity index (χ1) is 8.99. The highest BCUT2D eigenvalue weighted by molar-refractivity contribution is 6.33. The molecule has 1 atom stereocenters. The molecule has 0 bridgehead atoms. The maximum Gasteiger partial charge on any atom is 0.347 e. The quantitative estimate of drug-likeness (QED) is 0.664. The van der Waals surface area contributed by atoms with Crippen LogP contribution in [0.3, 0.4) is 0 Å². The summed E-state index contributed by atoms with van der Waals surface area (Å²) in [6, 6.07) is 4.39. The fourth-order valence-corrected chi connectivity index (χ4v) is 1.57. The van der Waals surface area contributed by atoms with Crippen LogP contribution in [-0.4, -0.2) is 24.6 Å². The van der Waals surface area contributed by atoms with Crippen molar-refractivity contribution in [3.05, 3.63) is 28.8 Å².